The number of aliphatic hydroxyl groups excluding tert-OH is 1. The molecule has 0 aromatic heterocycles. The molecule has 106 valence electrons. The van der Waals surface area contributed by atoms with E-state index in [-0.39, 0.29) is 18.6 Å². The first-order valence-corrected chi connectivity index (χ1v) is 7.04. The number of aliphatic hydroxyl groups is 1. The van der Waals surface area contributed by atoms with Crippen molar-refractivity contribution in [2.24, 2.45) is 11.7 Å². The van der Waals surface area contributed by atoms with E-state index in [1.165, 1.54) is 12.8 Å². The van der Waals surface area contributed by atoms with Gasteiger partial charge < -0.3 is 21.5 Å². The number of hydrogen-bond acceptors (Lipinski definition) is 4. The van der Waals surface area contributed by atoms with E-state index in [1.807, 2.05) is 6.92 Å². The van der Waals surface area contributed by atoms with Crippen LogP contribution < -0.4 is 16.4 Å². The van der Waals surface area contributed by atoms with Gasteiger partial charge >= 0.3 is 0 Å². The lowest BCUT2D eigenvalue weighted by atomic mass is 9.84. The number of hydrogen-bond donors (Lipinski definition) is 4. The average molecular weight is 257 g/mol. The Morgan fingerprint density at radius 3 is 2.78 bits per heavy atom. The zero-order chi connectivity index (χ0) is 13.4. The number of amides is 1. The number of carbonyl (C=O) groups excluding carboxylic acids is 1. The number of nitrogens with two attached hydrogens (primary N) is 1. The third-order valence-corrected chi connectivity index (χ3v) is 3.68. The lowest BCUT2D eigenvalue weighted by molar-refractivity contribution is -0.121. The summed E-state index contributed by atoms with van der Waals surface area (Å²) in [7, 11) is 0. The average Bonchev–Trinajstić information content (AvgIpc) is 2.38. The predicted octanol–water partition coefficient (Wildman–Crippen LogP) is -0.0194. The fourth-order valence-corrected chi connectivity index (χ4v) is 2.65. The van der Waals surface area contributed by atoms with Crippen molar-refractivity contribution in [2.75, 3.05) is 19.7 Å². The van der Waals surface area contributed by atoms with Gasteiger partial charge in [0, 0.05) is 38.2 Å². The minimum atomic E-state index is 0.00806. The quantitative estimate of drug-likeness (QED) is 0.516. The summed E-state index contributed by atoms with van der Waals surface area (Å²) < 4.78 is 0. The zero-order valence-corrected chi connectivity index (χ0v) is 11.3. The Morgan fingerprint density at radius 1 is 1.44 bits per heavy atom. The van der Waals surface area contributed by atoms with Gasteiger partial charge in [-0.15, -0.1) is 0 Å². The second-order valence-corrected chi connectivity index (χ2v) is 5.09. The molecule has 5 nitrogen and oxygen atoms in total. The summed E-state index contributed by atoms with van der Waals surface area (Å²) in [5.74, 6) is 0.346. The number of nitrogens with one attached hydrogen (secondary N) is 2. The molecule has 0 aromatic rings. The Hall–Kier alpha value is -0.650. The van der Waals surface area contributed by atoms with Gasteiger partial charge in [0.15, 0.2) is 0 Å². The largest absolute Gasteiger partial charge is 0.396 e. The van der Waals surface area contributed by atoms with Gasteiger partial charge in [-0.2, -0.15) is 0 Å². The molecule has 1 aliphatic carbocycles. The van der Waals surface area contributed by atoms with E-state index in [2.05, 4.69) is 10.6 Å². The van der Waals surface area contributed by atoms with Crippen molar-refractivity contribution in [1.29, 1.82) is 0 Å². The molecule has 5 heteroatoms. The molecule has 1 rings (SSSR count). The standard InChI is InChI=1S/C13H27N3O2/c1-2-15-13(18)7-11(8-14)16-12-6-4-3-5-10(12)9-17/h10-12,16-17H,2-9,14H2,1H3,(H,15,18). The van der Waals surface area contributed by atoms with Crippen molar-refractivity contribution in [3.63, 3.8) is 0 Å². The molecular weight excluding hydrogens is 230 g/mol. The Labute approximate surface area is 110 Å². The summed E-state index contributed by atoms with van der Waals surface area (Å²) in [6.45, 7) is 3.23. The summed E-state index contributed by atoms with van der Waals surface area (Å²) in [6, 6.07) is 0.306. The van der Waals surface area contributed by atoms with Crippen molar-refractivity contribution >= 4 is 5.91 Å². The minimum absolute atomic E-state index is 0.00806. The monoisotopic (exact) mass is 257 g/mol. The molecule has 0 bridgehead atoms. The van der Waals surface area contributed by atoms with E-state index < -0.39 is 0 Å². The molecule has 1 amide bonds. The molecule has 0 aliphatic heterocycles. The van der Waals surface area contributed by atoms with Crippen LogP contribution in [0.1, 0.15) is 39.0 Å². The van der Waals surface area contributed by atoms with Gasteiger partial charge in [-0.3, -0.25) is 4.79 Å². The third kappa shape index (κ3) is 4.92. The van der Waals surface area contributed by atoms with Gasteiger partial charge in [-0.25, -0.2) is 0 Å². The van der Waals surface area contributed by atoms with Crippen LogP contribution >= 0.6 is 0 Å². The van der Waals surface area contributed by atoms with E-state index in [9.17, 15) is 9.90 Å². The highest BCUT2D eigenvalue weighted by molar-refractivity contribution is 5.76. The maximum Gasteiger partial charge on any atom is 0.221 e. The summed E-state index contributed by atoms with van der Waals surface area (Å²) >= 11 is 0. The van der Waals surface area contributed by atoms with Crippen molar-refractivity contribution in [2.45, 2.75) is 51.1 Å². The minimum Gasteiger partial charge on any atom is -0.396 e. The van der Waals surface area contributed by atoms with Gasteiger partial charge in [0.25, 0.3) is 0 Å². The van der Waals surface area contributed by atoms with E-state index in [1.54, 1.807) is 0 Å². The van der Waals surface area contributed by atoms with Crippen LogP contribution in [0.4, 0.5) is 0 Å². The zero-order valence-electron chi connectivity index (χ0n) is 11.3. The van der Waals surface area contributed by atoms with Crippen molar-refractivity contribution in [3.05, 3.63) is 0 Å². The van der Waals surface area contributed by atoms with Crippen molar-refractivity contribution in [3.8, 4) is 0 Å². The number of carbonyl (C=O) groups is 1. The highest BCUT2D eigenvalue weighted by Gasteiger charge is 2.26. The lowest BCUT2D eigenvalue weighted by Crippen LogP contribution is -2.49. The fourth-order valence-electron chi connectivity index (χ4n) is 2.65. The van der Waals surface area contributed by atoms with Crippen LogP contribution in [-0.4, -0.2) is 42.8 Å². The van der Waals surface area contributed by atoms with Crippen molar-refractivity contribution < 1.29 is 9.90 Å². The van der Waals surface area contributed by atoms with Crippen LogP contribution in [0.5, 0.6) is 0 Å². The van der Waals surface area contributed by atoms with Gasteiger partial charge in [0.2, 0.25) is 5.91 Å². The topological polar surface area (TPSA) is 87.4 Å². The Bertz CT molecular complexity index is 248. The molecule has 0 radical (unpaired) electrons. The molecule has 3 atom stereocenters. The molecule has 1 aliphatic rings. The summed E-state index contributed by atoms with van der Waals surface area (Å²) in [6.07, 6.45) is 4.92. The van der Waals surface area contributed by atoms with Gasteiger partial charge in [0.05, 0.1) is 0 Å². The highest BCUT2D eigenvalue weighted by Crippen LogP contribution is 2.24. The van der Waals surface area contributed by atoms with E-state index >= 15 is 0 Å². The third-order valence-electron chi connectivity index (χ3n) is 3.68. The molecular formula is C13H27N3O2. The smallest absolute Gasteiger partial charge is 0.221 e. The van der Waals surface area contributed by atoms with Gasteiger partial charge in [-0.1, -0.05) is 12.8 Å². The molecule has 0 aromatic carbocycles. The second kappa shape index (κ2) is 8.45. The normalized spacial score (nSPS) is 25.7. The first-order valence-electron chi connectivity index (χ1n) is 7.04. The molecule has 1 saturated carbocycles. The molecule has 0 spiro atoms. The van der Waals surface area contributed by atoms with E-state index in [0.717, 1.165) is 12.8 Å². The maximum absolute atomic E-state index is 11.5. The summed E-state index contributed by atoms with van der Waals surface area (Å²) in [5.41, 5.74) is 5.72. The highest BCUT2D eigenvalue weighted by atomic mass is 16.3. The second-order valence-electron chi connectivity index (χ2n) is 5.09. The lowest BCUT2D eigenvalue weighted by Gasteiger charge is -2.34. The van der Waals surface area contributed by atoms with Crippen LogP contribution in [0.2, 0.25) is 0 Å². The molecule has 0 heterocycles. The van der Waals surface area contributed by atoms with Gasteiger partial charge in [-0.05, 0) is 25.7 Å². The predicted molar refractivity (Wildman–Crippen MR) is 72.1 cm³/mol. The number of rotatable bonds is 7. The van der Waals surface area contributed by atoms with Gasteiger partial charge in [0.1, 0.15) is 0 Å². The summed E-state index contributed by atoms with van der Waals surface area (Å²) in [4.78, 5) is 11.5. The first-order chi connectivity index (χ1) is 8.71. The Kier molecular flexibility index (Phi) is 7.23. The SMILES string of the molecule is CCNC(=O)CC(CN)NC1CCCCC1CO. The van der Waals surface area contributed by atoms with Crippen LogP contribution in [-0.2, 0) is 4.79 Å². The maximum atomic E-state index is 11.5. The van der Waals surface area contributed by atoms with E-state index in [4.69, 9.17) is 5.73 Å². The van der Waals surface area contributed by atoms with Crippen LogP contribution in [0, 0.1) is 5.92 Å². The van der Waals surface area contributed by atoms with Crippen molar-refractivity contribution in [1.82, 2.24) is 10.6 Å². The molecule has 1 fully saturated rings. The Morgan fingerprint density at radius 2 is 2.17 bits per heavy atom. The molecule has 3 unspecified atom stereocenters. The van der Waals surface area contributed by atoms with Crippen LogP contribution in [0.15, 0.2) is 0 Å². The Balaban J connectivity index is 2.42. The molecule has 0 saturated heterocycles. The van der Waals surface area contributed by atoms with E-state index in [0.29, 0.717) is 31.5 Å². The molecule has 5 N–H and O–H groups in total. The van der Waals surface area contributed by atoms with Crippen LogP contribution in [0.25, 0.3) is 0 Å². The van der Waals surface area contributed by atoms with Crippen LogP contribution in [0.3, 0.4) is 0 Å². The summed E-state index contributed by atoms with van der Waals surface area (Å²) in [5, 5.41) is 15.6. The fraction of sp³-hybridized carbons (Fsp3) is 0.923. The first kappa shape index (κ1) is 15.4. The molecule has 18 heavy (non-hydrogen) atoms.